The standard InChI is InChI=1S/C12H18N2/c1-8-4-5-12-10(6-8)11(9(2)13)7-14(12)3/h4-6,9,11H,7,13H2,1-3H3. The van der Waals surface area contributed by atoms with Crippen molar-refractivity contribution in [3.05, 3.63) is 29.3 Å². The minimum atomic E-state index is 0.237. The van der Waals surface area contributed by atoms with Crippen molar-refractivity contribution in [1.29, 1.82) is 0 Å². The molecule has 1 heterocycles. The Morgan fingerprint density at radius 3 is 2.86 bits per heavy atom. The van der Waals surface area contributed by atoms with E-state index in [-0.39, 0.29) is 6.04 Å². The molecule has 1 aromatic carbocycles. The smallest absolute Gasteiger partial charge is 0.0400 e. The van der Waals surface area contributed by atoms with Crippen LogP contribution in [0.4, 0.5) is 5.69 Å². The van der Waals surface area contributed by atoms with Crippen molar-refractivity contribution in [2.75, 3.05) is 18.5 Å². The maximum absolute atomic E-state index is 6.00. The van der Waals surface area contributed by atoms with Crippen LogP contribution in [0.1, 0.15) is 24.0 Å². The monoisotopic (exact) mass is 190 g/mol. The lowest BCUT2D eigenvalue weighted by Crippen LogP contribution is -2.28. The van der Waals surface area contributed by atoms with Crippen molar-refractivity contribution in [2.45, 2.75) is 25.8 Å². The summed E-state index contributed by atoms with van der Waals surface area (Å²) in [6, 6.07) is 6.87. The molecule has 2 heteroatoms. The number of fused-ring (bicyclic) bond motifs is 1. The van der Waals surface area contributed by atoms with Crippen LogP contribution in [0.2, 0.25) is 0 Å². The Labute approximate surface area is 85.7 Å². The van der Waals surface area contributed by atoms with Gasteiger partial charge < -0.3 is 10.6 Å². The molecule has 2 nitrogen and oxygen atoms in total. The summed E-state index contributed by atoms with van der Waals surface area (Å²) >= 11 is 0. The molecule has 0 radical (unpaired) electrons. The Kier molecular flexibility index (Phi) is 2.23. The molecule has 2 N–H and O–H groups in total. The minimum Gasteiger partial charge on any atom is -0.374 e. The average molecular weight is 190 g/mol. The van der Waals surface area contributed by atoms with Crippen LogP contribution in [0.25, 0.3) is 0 Å². The minimum absolute atomic E-state index is 0.237. The van der Waals surface area contributed by atoms with Crippen molar-refractivity contribution in [3.63, 3.8) is 0 Å². The zero-order chi connectivity index (χ0) is 10.3. The van der Waals surface area contributed by atoms with Crippen LogP contribution in [0.5, 0.6) is 0 Å². The molecule has 14 heavy (non-hydrogen) atoms. The lowest BCUT2D eigenvalue weighted by Gasteiger charge is -2.15. The maximum Gasteiger partial charge on any atom is 0.0400 e. The zero-order valence-electron chi connectivity index (χ0n) is 9.12. The normalized spacial score (nSPS) is 22.3. The first kappa shape index (κ1) is 9.53. The van der Waals surface area contributed by atoms with Gasteiger partial charge in [-0.3, -0.25) is 0 Å². The maximum atomic E-state index is 6.00. The second-order valence-corrected chi connectivity index (χ2v) is 4.41. The molecule has 0 fully saturated rings. The lowest BCUT2D eigenvalue weighted by molar-refractivity contribution is 0.593. The number of nitrogens with zero attached hydrogens (tertiary/aromatic N) is 1. The Hall–Kier alpha value is -1.02. The van der Waals surface area contributed by atoms with Crippen LogP contribution >= 0.6 is 0 Å². The lowest BCUT2D eigenvalue weighted by atomic mass is 9.94. The largest absolute Gasteiger partial charge is 0.374 e. The third-order valence-electron chi connectivity index (χ3n) is 3.10. The SMILES string of the molecule is Cc1ccc2c(c1)C(C(C)N)CN2C. The van der Waals surface area contributed by atoms with Gasteiger partial charge in [-0.1, -0.05) is 17.7 Å². The molecule has 1 aliphatic heterocycles. The fourth-order valence-corrected chi connectivity index (χ4v) is 2.26. The van der Waals surface area contributed by atoms with Crippen LogP contribution in [-0.4, -0.2) is 19.6 Å². The summed E-state index contributed by atoms with van der Waals surface area (Å²) in [7, 11) is 2.14. The molecule has 1 aliphatic rings. The van der Waals surface area contributed by atoms with Crippen molar-refractivity contribution in [1.82, 2.24) is 0 Å². The van der Waals surface area contributed by atoms with Crippen LogP contribution < -0.4 is 10.6 Å². The van der Waals surface area contributed by atoms with Gasteiger partial charge in [0.05, 0.1) is 0 Å². The van der Waals surface area contributed by atoms with E-state index in [1.807, 2.05) is 0 Å². The summed E-state index contributed by atoms with van der Waals surface area (Å²) in [5, 5.41) is 0. The van der Waals surface area contributed by atoms with Gasteiger partial charge in [0, 0.05) is 31.2 Å². The van der Waals surface area contributed by atoms with Crippen molar-refractivity contribution in [3.8, 4) is 0 Å². The fraction of sp³-hybridized carbons (Fsp3) is 0.500. The fourth-order valence-electron chi connectivity index (χ4n) is 2.26. The number of hydrogen-bond acceptors (Lipinski definition) is 2. The summed E-state index contributed by atoms with van der Waals surface area (Å²) in [6.45, 7) is 5.28. The van der Waals surface area contributed by atoms with Crippen LogP contribution in [0.15, 0.2) is 18.2 Å². The second-order valence-electron chi connectivity index (χ2n) is 4.41. The van der Waals surface area contributed by atoms with E-state index >= 15 is 0 Å². The predicted octanol–water partition coefficient (Wildman–Crippen LogP) is 1.88. The van der Waals surface area contributed by atoms with Gasteiger partial charge in [0.2, 0.25) is 0 Å². The van der Waals surface area contributed by atoms with E-state index in [0.717, 1.165) is 6.54 Å². The zero-order valence-corrected chi connectivity index (χ0v) is 9.12. The first-order chi connectivity index (χ1) is 6.59. The molecule has 0 saturated carbocycles. The molecule has 0 aromatic heterocycles. The molecule has 2 atom stereocenters. The molecule has 0 spiro atoms. The van der Waals surface area contributed by atoms with E-state index in [0.29, 0.717) is 5.92 Å². The van der Waals surface area contributed by atoms with Gasteiger partial charge in [-0.15, -0.1) is 0 Å². The summed E-state index contributed by atoms with van der Waals surface area (Å²) < 4.78 is 0. The Bertz CT molecular complexity index is 344. The number of anilines is 1. The van der Waals surface area contributed by atoms with Crippen molar-refractivity contribution in [2.24, 2.45) is 5.73 Å². The molecule has 2 unspecified atom stereocenters. The van der Waals surface area contributed by atoms with E-state index < -0.39 is 0 Å². The van der Waals surface area contributed by atoms with Gasteiger partial charge in [0.1, 0.15) is 0 Å². The van der Waals surface area contributed by atoms with Crippen LogP contribution in [0, 0.1) is 6.92 Å². The molecule has 0 aliphatic carbocycles. The Balaban J connectivity index is 2.45. The number of benzene rings is 1. The molecule has 0 saturated heterocycles. The van der Waals surface area contributed by atoms with Gasteiger partial charge >= 0.3 is 0 Å². The quantitative estimate of drug-likeness (QED) is 0.732. The topological polar surface area (TPSA) is 29.3 Å². The van der Waals surface area contributed by atoms with E-state index in [1.165, 1.54) is 16.8 Å². The highest BCUT2D eigenvalue weighted by molar-refractivity contribution is 5.61. The first-order valence-corrected chi connectivity index (χ1v) is 5.17. The molecule has 2 rings (SSSR count). The molecule has 1 aromatic rings. The molecule has 0 amide bonds. The summed E-state index contributed by atoms with van der Waals surface area (Å²) in [4.78, 5) is 2.29. The highest BCUT2D eigenvalue weighted by Gasteiger charge is 2.28. The average Bonchev–Trinajstić information content (AvgIpc) is 2.43. The van der Waals surface area contributed by atoms with Crippen molar-refractivity contribution >= 4 is 5.69 Å². The number of likely N-dealkylation sites (N-methyl/N-ethyl adjacent to an activating group) is 1. The first-order valence-electron chi connectivity index (χ1n) is 5.17. The van der Waals surface area contributed by atoms with E-state index in [9.17, 15) is 0 Å². The number of aryl methyl sites for hydroxylation is 1. The van der Waals surface area contributed by atoms with Gasteiger partial charge in [-0.2, -0.15) is 0 Å². The highest BCUT2D eigenvalue weighted by atomic mass is 15.1. The molecule has 0 bridgehead atoms. The highest BCUT2D eigenvalue weighted by Crippen LogP contribution is 2.36. The predicted molar refractivity (Wildman–Crippen MR) is 60.8 cm³/mol. The number of rotatable bonds is 1. The van der Waals surface area contributed by atoms with E-state index in [2.05, 4.69) is 44.0 Å². The third-order valence-corrected chi connectivity index (χ3v) is 3.10. The molecular formula is C12H18N2. The Morgan fingerprint density at radius 1 is 1.50 bits per heavy atom. The van der Waals surface area contributed by atoms with Crippen LogP contribution in [0.3, 0.4) is 0 Å². The Morgan fingerprint density at radius 2 is 2.21 bits per heavy atom. The molecular weight excluding hydrogens is 172 g/mol. The van der Waals surface area contributed by atoms with E-state index in [4.69, 9.17) is 5.73 Å². The van der Waals surface area contributed by atoms with Gasteiger partial charge in [0.25, 0.3) is 0 Å². The number of hydrogen-bond donors (Lipinski definition) is 1. The van der Waals surface area contributed by atoms with Gasteiger partial charge in [-0.25, -0.2) is 0 Å². The summed E-state index contributed by atoms with van der Waals surface area (Å²) in [5.41, 5.74) is 10.1. The third kappa shape index (κ3) is 1.40. The second kappa shape index (κ2) is 3.28. The van der Waals surface area contributed by atoms with Crippen LogP contribution in [-0.2, 0) is 0 Å². The summed E-state index contributed by atoms with van der Waals surface area (Å²) in [6.07, 6.45) is 0. The van der Waals surface area contributed by atoms with E-state index in [1.54, 1.807) is 0 Å². The molecule has 76 valence electrons. The number of nitrogens with two attached hydrogens (primary N) is 1. The van der Waals surface area contributed by atoms with Crippen molar-refractivity contribution < 1.29 is 0 Å². The van der Waals surface area contributed by atoms with Gasteiger partial charge in [-0.05, 0) is 25.5 Å². The van der Waals surface area contributed by atoms with Gasteiger partial charge in [0.15, 0.2) is 0 Å². The summed E-state index contributed by atoms with van der Waals surface area (Å²) in [5.74, 6) is 0.495.